The van der Waals surface area contributed by atoms with E-state index < -0.39 is 23.9 Å². The molecular weight excluding hydrogens is 290 g/mol. The Hall–Kier alpha value is -2.57. The van der Waals surface area contributed by atoms with Gasteiger partial charge in [-0.2, -0.15) is 0 Å². The van der Waals surface area contributed by atoms with Gasteiger partial charge in [-0.05, 0) is 17.7 Å². The summed E-state index contributed by atoms with van der Waals surface area (Å²) in [7, 11) is 1.22. The van der Waals surface area contributed by atoms with Crippen molar-refractivity contribution in [3.05, 3.63) is 29.8 Å². The number of phenolic OH excluding ortho intramolecular Hbond substituents is 1. The van der Waals surface area contributed by atoms with E-state index in [4.69, 9.17) is 9.84 Å². The van der Waals surface area contributed by atoms with Crippen LogP contribution >= 0.6 is 0 Å². The Kier molecular flexibility index (Phi) is 4.65. The second-order valence-electron chi connectivity index (χ2n) is 5.19. The highest BCUT2D eigenvalue weighted by Gasteiger charge is 2.40. The van der Waals surface area contributed by atoms with Crippen LogP contribution < -0.4 is 0 Å². The Morgan fingerprint density at radius 3 is 2.50 bits per heavy atom. The van der Waals surface area contributed by atoms with Crippen molar-refractivity contribution >= 4 is 17.8 Å². The summed E-state index contributed by atoms with van der Waals surface area (Å²) in [5.74, 6) is -2.72. The molecule has 1 amide bonds. The first-order valence-corrected chi connectivity index (χ1v) is 6.80. The number of rotatable bonds is 5. The fourth-order valence-electron chi connectivity index (χ4n) is 2.51. The smallest absolute Gasteiger partial charge is 0.328 e. The molecule has 1 aromatic rings. The van der Waals surface area contributed by atoms with E-state index in [0.717, 1.165) is 5.56 Å². The molecule has 7 heteroatoms. The van der Waals surface area contributed by atoms with Crippen molar-refractivity contribution in [1.82, 2.24) is 4.90 Å². The highest BCUT2D eigenvalue weighted by molar-refractivity contribution is 5.90. The number of benzene rings is 1. The zero-order valence-electron chi connectivity index (χ0n) is 12.1. The number of phenols is 1. The van der Waals surface area contributed by atoms with Gasteiger partial charge in [0.2, 0.25) is 5.91 Å². The number of aromatic hydroxyl groups is 1. The molecule has 2 N–H and O–H groups in total. The van der Waals surface area contributed by atoms with Gasteiger partial charge in [0.1, 0.15) is 11.8 Å². The third kappa shape index (κ3) is 3.36. The molecule has 2 rings (SSSR count). The lowest BCUT2D eigenvalue weighted by molar-refractivity contribution is -0.151. The van der Waals surface area contributed by atoms with Crippen LogP contribution in [0.3, 0.4) is 0 Å². The summed E-state index contributed by atoms with van der Waals surface area (Å²) >= 11 is 0. The minimum absolute atomic E-state index is 0.00792. The molecule has 1 aromatic carbocycles. The number of carboxylic acid groups (broad SMARTS) is 1. The number of carbonyl (C=O) groups is 3. The molecule has 2 atom stereocenters. The highest BCUT2D eigenvalue weighted by atomic mass is 16.5. The SMILES string of the molecule is COC(=O)[C@H](Cc1ccc(O)cc1)N1CC(C(=O)O)CC1=O. The number of aliphatic carboxylic acids is 1. The molecule has 0 bridgehead atoms. The number of hydrogen-bond donors (Lipinski definition) is 2. The van der Waals surface area contributed by atoms with E-state index in [9.17, 15) is 19.5 Å². The number of carboxylic acids is 1. The van der Waals surface area contributed by atoms with Crippen LogP contribution in [0.2, 0.25) is 0 Å². The molecule has 0 radical (unpaired) electrons. The van der Waals surface area contributed by atoms with Crippen LogP contribution in [-0.2, 0) is 25.5 Å². The second-order valence-corrected chi connectivity index (χ2v) is 5.19. The standard InChI is InChI=1S/C15H17NO6/c1-22-15(21)12(6-9-2-4-11(17)5-3-9)16-8-10(14(19)20)7-13(16)18/h2-5,10,12,17H,6-8H2,1H3,(H,19,20)/t10?,12-/m0/s1. The van der Waals surface area contributed by atoms with Gasteiger partial charge in [0.25, 0.3) is 0 Å². The maximum atomic E-state index is 12.0. The van der Waals surface area contributed by atoms with E-state index in [0.29, 0.717) is 0 Å². The van der Waals surface area contributed by atoms with Crippen LogP contribution in [0.1, 0.15) is 12.0 Å². The molecule has 118 valence electrons. The predicted molar refractivity (Wildman–Crippen MR) is 75.1 cm³/mol. The number of hydrogen-bond acceptors (Lipinski definition) is 5. The van der Waals surface area contributed by atoms with Crippen molar-refractivity contribution in [2.45, 2.75) is 18.9 Å². The Labute approximate surface area is 127 Å². The van der Waals surface area contributed by atoms with E-state index in [-0.39, 0.29) is 31.0 Å². The molecule has 7 nitrogen and oxygen atoms in total. The summed E-state index contributed by atoms with van der Waals surface area (Å²) in [5.41, 5.74) is 0.736. The molecule has 1 heterocycles. The van der Waals surface area contributed by atoms with Crippen molar-refractivity contribution in [3.8, 4) is 5.75 Å². The Morgan fingerprint density at radius 1 is 1.36 bits per heavy atom. The number of amides is 1. The fraction of sp³-hybridized carbons (Fsp3) is 0.400. The summed E-state index contributed by atoms with van der Waals surface area (Å²) in [5, 5.41) is 18.3. The Balaban J connectivity index is 2.19. The van der Waals surface area contributed by atoms with Gasteiger partial charge >= 0.3 is 11.9 Å². The van der Waals surface area contributed by atoms with E-state index in [1.54, 1.807) is 12.1 Å². The average Bonchev–Trinajstić information content (AvgIpc) is 2.88. The van der Waals surface area contributed by atoms with Crippen LogP contribution in [0.5, 0.6) is 5.75 Å². The molecule has 0 saturated carbocycles. The van der Waals surface area contributed by atoms with E-state index >= 15 is 0 Å². The monoisotopic (exact) mass is 307 g/mol. The maximum Gasteiger partial charge on any atom is 0.328 e. The van der Waals surface area contributed by atoms with Crippen molar-refractivity contribution in [1.29, 1.82) is 0 Å². The van der Waals surface area contributed by atoms with Crippen molar-refractivity contribution in [2.75, 3.05) is 13.7 Å². The van der Waals surface area contributed by atoms with E-state index in [1.807, 2.05) is 0 Å². The molecule has 0 spiro atoms. The topological polar surface area (TPSA) is 104 Å². The maximum absolute atomic E-state index is 12.0. The number of likely N-dealkylation sites (tertiary alicyclic amines) is 1. The number of esters is 1. The van der Waals surface area contributed by atoms with Crippen LogP contribution in [0, 0.1) is 5.92 Å². The molecule has 1 fully saturated rings. The van der Waals surface area contributed by atoms with Crippen LogP contribution in [0.15, 0.2) is 24.3 Å². The van der Waals surface area contributed by atoms with Gasteiger partial charge in [-0.15, -0.1) is 0 Å². The normalized spacial score (nSPS) is 19.0. The van der Waals surface area contributed by atoms with Crippen molar-refractivity contribution in [2.24, 2.45) is 5.92 Å². The van der Waals surface area contributed by atoms with Crippen molar-refractivity contribution in [3.63, 3.8) is 0 Å². The second kappa shape index (κ2) is 6.46. The largest absolute Gasteiger partial charge is 0.508 e. The lowest BCUT2D eigenvalue weighted by Gasteiger charge is -2.25. The summed E-state index contributed by atoms with van der Waals surface area (Å²) in [6, 6.07) is 5.37. The lowest BCUT2D eigenvalue weighted by Crippen LogP contribution is -2.44. The van der Waals surface area contributed by atoms with Gasteiger partial charge in [0.15, 0.2) is 0 Å². The third-order valence-electron chi connectivity index (χ3n) is 3.72. The summed E-state index contributed by atoms with van der Waals surface area (Å²) in [6.07, 6.45) is 0.0867. The molecule has 0 aliphatic carbocycles. The first-order chi connectivity index (χ1) is 10.4. The van der Waals surface area contributed by atoms with Crippen molar-refractivity contribution < 1.29 is 29.3 Å². The third-order valence-corrected chi connectivity index (χ3v) is 3.72. The number of methoxy groups -OCH3 is 1. The molecule has 22 heavy (non-hydrogen) atoms. The molecular formula is C15H17NO6. The average molecular weight is 307 g/mol. The predicted octanol–water partition coefficient (Wildman–Crippen LogP) is 0.409. The number of nitrogens with zero attached hydrogens (tertiary/aromatic N) is 1. The first-order valence-electron chi connectivity index (χ1n) is 6.80. The molecule has 0 aromatic heterocycles. The van der Waals surface area contributed by atoms with Gasteiger partial charge in [-0.1, -0.05) is 12.1 Å². The fourth-order valence-corrected chi connectivity index (χ4v) is 2.51. The van der Waals surface area contributed by atoms with Gasteiger partial charge in [-0.3, -0.25) is 9.59 Å². The molecule has 1 unspecified atom stereocenters. The van der Waals surface area contributed by atoms with Crippen LogP contribution in [0.4, 0.5) is 0 Å². The molecule has 1 saturated heterocycles. The zero-order valence-corrected chi connectivity index (χ0v) is 12.1. The van der Waals surface area contributed by atoms with Crippen LogP contribution in [-0.4, -0.2) is 52.7 Å². The summed E-state index contributed by atoms with van der Waals surface area (Å²) < 4.78 is 4.74. The van der Waals surface area contributed by atoms with E-state index in [2.05, 4.69) is 0 Å². The molecule has 1 aliphatic heterocycles. The minimum Gasteiger partial charge on any atom is -0.508 e. The number of carbonyl (C=O) groups excluding carboxylic acids is 2. The minimum atomic E-state index is -1.05. The van der Waals surface area contributed by atoms with Gasteiger partial charge in [-0.25, -0.2) is 4.79 Å². The zero-order chi connectivity index (χ0) is 16.3. The van der Waals surface area contributed by atoms with Gasteiger partial charge in [0.05, 0.1) is 13.0 Å². The first kappa shape index (κ1) is 15.8. The quantitative estimate of drug-likeness (QED) is 0.764. The summed E-state index contributed by atoms with van der Waals surface area (Å²) in [4.78, 5) is 36.3. The number of ether oxygens (including phenoxy) is 1. The summed E-state index contributed by atoms with van der Waals surface area (Å²) in [6.45, 7) is -0.00792. The van der Waals surface area contributed by atoms with Gasteiger partial charge in [0, 0.05) is 19.4 Å². The lowest BCUT2D eigenvalue weighted by atomic mass is 10.0. The molecule has 1 aliphatic rings. The van der Waals surface area contributed by atoms with E-state index in [1.165, 1.54) is 24.1 Å². The van der Waals surface area contributed by atoms with Crippen LogP contribution in [0.25, 0.3) is 0 Å². The Morgan fingerprint density at radius 2 is 2.00 bits per heavy atom. The van der Waals surface area contributed by atoms with Gasteiger partial charge < -0.3 is 19.8 Å². The Bertz CT molecular complexity index is 582. The highest BCUT2D eigenvalue weighted by Crippen LogP contribution is 2.23.